The first-order valence-electron chi connectivity index (χ1n) is 5.93. The fraction of sp³-hybridized carbons (Fsp3) is 1.00. The van der Waals surface area contributed by atoms with E-state index in [1.165, 1.54) is 35.5 Å². The van der Waals surface area contributed by atoms with Crippen molar-refractivity contribution in [3.8, 4) is 0 Å². The summed E-state index contributed by atoms with van der Waals surface area (Å²) in [6.07, 6.45) is 9.71. The normalized spacial score (nSPS) is 66.0. The summed E-state index contributed by atoms with van der Waals surface area (Å²) < 4.78 is 0. The van der Waals surface area contributed by atoms with Crippen molar-refractivity contribution in [2.45, 2.75) is 38.5 Å². The van der Waals surface area contributed by atoms with Gasteiger partial charge in [0.1, 0.15) is 0 Å². The molecule has 4 aliphatic rings. The van der Waals surface area contributed by atoms with Gasteiger partial charge in [0, 0.05) is 0 Å². The summed E-state index contributed by atoms with van der Waals surface area (Å²) in [6, 6.07) is 0. The predicted octanol–water partition coefficient (Wildman–Crippen LogP) is 3.08. The van der Waals surface area contributed by atoms with Crippen LogP contribution in [0.25, 0.3) is 0 Å². The van der Waals surface area contributed by atoms with E-state index >= 15 is 0 Å². The fourth-order valence-corrected chi connectivity index (χ4v) is 5.53. The Labute approximate surface area is 74.7 Å². The number of hydrogen-bond donors (Lipinski definition) is 0. The maximum absolute atomic E-state index is 1.64. The molecule has 12 heavy (non-hydrogen) atoms. The number of rotatable bonds is 0. The van der Waals surface area contributed by atoms with E-state index in [0.717, 1.165) is 0 Å². The molecule has 0 spiro atoms. The van der Waals surface area contributed by atoms with Crippen LogP contribution < -0.4 is 0 Å². The van der Waals surface area contributed by atoms with Gasteiger partial charge in [-0.2, -0.15) is 0 Å². The summed E-state index contributed by atoms with van der Waals surface area (Å²) in [5.41, 5.74) is 0. The number of hydrogen-bond acceptors (Lipinski definition) is 0. The molecule has 0 aliphatic heterocycles. The monoisotopic (exact) mass is 162 g/mol. The minimum Gasteiger partial charge on any atom is -0.0499 e. The van der Waals surface area contributed by atoms with Crippen LogP contribution in [0.3, 0.4) is 0 Å². The van der Waals surface area contributed by atoms with E-state index in [9.17, 15) is 0 Å². The van der Waals surface area contributed by atoms with Crippen LogP contribution >= 0.6 is 0 Å². The predicted molar refractivity (Wildman–Crippen MR) is 48.6 cm³/mol. The lowest BCUT2D eigenvalue weighted by Crippen LogP contribution is -2.27. The van der Waals surface area contributed by atoms with Crippen LogP contribution in [-0.4, -0.2) is 0 Å². The van der Waals surface area contributed by atoms with Crippen LogP contribution in [0.5, 0.6) is 0 Å². The average molecular weight is 162 g/mol. The van der Waals surface area contributed by atoms with Crippen LogP contribution in [0.4, 0.5) is 0 Å². The maximum atomic E-state index is 1.64. The molecular formula is C12H18. The third-order valence-electron chi connectivity index (χ3n) is 5.65. The van der Waals surface area contributed by atoms with Gasteiger partial charge in [0.05, 0.1) is 0 Å². The lowest BCUT2D eigenvalue weighted by Gasteiger charge is -2.34. The molecule has 0 N–H and O–H groups in total. The van der Waals surface area contributed by atoms with Gasteiger partial charge in [-0.15, -0.1) is 0 Å². The molecule has 0 heteroatoms. The molecule has 4 fully saturated rings. The van der Waals surface area contributed by atoms with E-state index in [2.05, 4.69) is 0 Å². The maximum Gasteiger partial charge on any atom is -0.0323 e. The Hall–Kier alpha value is 0. The molecule has 0 aromatic rings. The fourth-order valence-electron chi connectivity index (χ4n) is 5.53. The van der Waals surface area contributed by atoms with E-state index in [0.29, 0.717) is 0 Å². The Morgan fingerprint density at radius 2 is 0.833 bits per heavy atom. The van der Waals surface area contributed by atoms with Gasteiger partial charge in [0.15, 0.2) is 0 Å². The van der Waals surface area contributed by atoms with Gasteiger partial charge in [-0.05, 0) is 74.0 Å². The van der Waals surface area contributed by atoms with Crippen molar-refractivity contribution in [2.24, 2.45) is 35.5 Å². The van der Waals surface area contributed by atoms with Crippen LogP contribution in [0.1, 0.15) is 38.5 Å². The van der Waals surface area contributed by atoms with Crippen LogP contribution in [0, 0.1) is 35.5 Å². The summed E-state index contributed by atoms with van der Waals surface area (Å²) in [5.74, 6) is 7.29. The van der Waals surface area contributed by atoms with Crippen molar-refractivity contribution >= 4 is 0 Å². The molecule has 0 heterocycles. The minimum atomic E-state index is 1.20. The molecule has 0 nitrogen and oxygen atoms in total. The Morgan fingerprint density at radius 1 is 0.500 bits per heavy atom. The molecule has 0 saturated heterocycles. The molecule has 4 aliphatic carbocycles. The molecule has 0 aromatic carbocycles. The molecule has 0 aromatic heterocycles. The van der Waals surface area contributed by atoms with Crippen molar-refractivity contribution in [3.63, 3.8) is 0 Å². The third kappa shape index (κ3) is 0.561. The summed E-state index contributed by atoms with van der Waals surface area (Å²) >= 11 is 0. The molecule has 66 valence electrons. The summed E-state index contributed by atoms with van der Waals surface area (Å²) in [6.45, 7) is 0. The van der Waals surface area contributed by atoms with Crippen molar-refractivity contribution in [1.29, 1.82) is 0 Å². The molecule has 4 bridgehead atoms. The van der Waals surface area contributed by atoms with E-state index in [1.807, 2.05) is 0 Å². The summed E-state index contributed by atoms with van der Waals surface area (Å²) in [7, 11) is 0. The minimum absolute atomic E-state index is 1.20. The van der Waals surface area contributed by atoms with Crippen molar-refractivity contribution < 1.29 is 0 Å². The highest BCUT2D eigenvalue weighted by Gasteiger charge is 2.59. The van der Waals surface area contributed by atoms with Crippen molar-refractivity contribution in [2.75, 3.05) is 0 Å². The standard InChI is InChI=1S/C12H18/c1-2-8-5-7(1)11-9-3-4-10(6-9)12(8)11/h7-12H,1-6H2/t7-,8-,9-,10-,11?,12?/m0/s1. The molecule has 4 atom stereocenters. The van der Waals surface area contributed by atoms with E-state index < -0.39 is 0 Å². The van der Waals surface area contributed by atoms with E-state index in [1.54, 1.807) is 38.5 Å². The van der Waals surface area contributed by atoms with Crippen LogP contribution in [0.2, 0.25) is 0 Å². The molecule has 0 amide bonds. The quantitative estimate of drug-likeness (QED) is 0.480. The smallest absolute Gasteiger partial charge is 0.0323 e. The van der Waals surface area contributed by atoms with Gasteiger partial charge in [-0.25, -0.2) is 0 Å². The van der Waals surface area contributed by atoms with Gasteiger partial charge in [0.2, 0.25) is 0 Å². The number of fused-ring (bicyclic) bond motifs is 9. The third-order valence-corrected chi connectivity index (χ3v) is 5.65. The van der Waals surface area contributed by atoms with Crippen molar-refractivity contribution in [1.82, 2.24) is 0 Å². The van der Waals surface area contributed by atoms with Gasteiger partial charge in [0.25, 0.3) is 0 Å². The van der Waals surface area contributed by atoms with E-state index in [-0.39, 0.29) is 0 Å². The second-order valence-electron chi connectivity index (χ2n) is 5.82. The zero-order valence-corrected chi connectivity index (χ0v) is 7.71. The lowest BCUT2D eigenvalue weighted by molar-refractivity contribution is 0.146. The van der Waals surface area contributed by atoms with E-state index in [4.69, 9.17) is 0 Å². The highest BCUT2D eigenvalue weighted by molar-refractivity contribution is 5.08. The Balaban J connectivity index is 1.77. The Morgan fingerprint density at radius 3 is 1.17 bits per heavy atom. The molecule has 0 radical (unpaired) electrons. The average Bonchev–Trinajstić information content (AvgIpc) is 2.83. The zero-order valence-electron chi connectivity index (χ0n) is 7.71. The Bertz CT molecular complexity index is 176. The first-order chi connectivity index (χ1) is 5.93. The summed E-state index contributed by atoms with van der Waals surface area (Å²) in [5, 5.41) is 0. The van der Waals surface area contributed by atoms with Crippen LogP contribution in [0.15, 0.2) is 0 Å². The first kappa shape index (κ1) is 6.45. The highest BCUT2D eigenvalue weighted by Crippen LogP contribution is 2.67. The van der Waals surface area contributed by atoms with Crippen LogP contribution in [-0.2, 0) is 0 Å². The second kappa shape index (κ2) is 1.91. The molecule has 4 saturated carbocycles. The molecule has 4 rings (SSSR count). The van der Waals surface area contributed by atoms with Gasteiger partial charge < -0.3 is 0 Å². The SMILES string of the molecule is C1C[C@H]2C[C@H]1C1C2[C@H]2CC[C@H]1C2. The largest absolute Gasteiger partial charge is 0.0499 e. The molecular weight excluding hydrogens is 144 g/mol. The topological polar surface area (TPSA) is 0 Å². The Kier molecular flexibility index (Phi) is 1.03. The second-order valence-corrected chi connectivity index (χ2v) is 5.82. The summed E-state index contributed by atoms with van der Waals surface area (Å²) in [4.78, 5) is 0. The highest BCUT2D eigenvalue weighted by atomic mass is 14.6. The lowest BCUT2D eigenvalue weighted by atomic mass is 9.71. The van der Waals surface area contributed by atoms with Crippen molar-refractivity contribution in [3.05, 3.63) is 0 Å². The van der Waals surface area contributed by atoms with Gasteiger partial charge in [-0.1, -0.05) is 0 Å². The van der Waals surface area contributed by atoms with Gasteiger partial charge >= 0.3 is 0 Å². The zero-order chi connectivity index (χ0) is 7.71. The molecule has 0 unspecified atom stereocenters. The van der Waals surface area contributed by atoms with Gasteiger partial charge in [-0.3, -0.25) is 0 Å². The first-order valence-corrected chi connectivity index (χ1v) is 5.93.